The molecule has 0 amide bonds. The molecular formula is C14H17BrCl2N2S. The van der Waals surface area contributed by atoms with Crippen molar-refractivity contribution >= 4 is 61.7 Å². The highest BCUT2D eigenvalue weighted by Gasteiger charge is 2.26. The van der Waals surface area contributed by atoms with Crippen LogP contribution >= 0.6 is 50.9 Å². The first-order valence-corrected chi connectivity index (χ1v) is 9.10. The summed E-state index contributed by atoms with van der Waals surface area (Å²) in [6.45, 7) is 5.34. The van der Waals surface area contributed by atoms with Crippen LogP contribution in [-0.4, -0.2) is 17.0 Å². The number of nitrogens with one attached hydrogen (secondary N) is 1. The minimum absolute atomic E-state index is 0.556. The normalized spacial score (nSPS) is 18.5. The van der Waals surface area contributed by atoms with Crippen molar-refractivity contribution in [2.45, 2.75) is 31.9 Å². The van der Waals surface area contributed by atoms with E-state index < -0.39 is 0 Å². The molecule has 1 heterocycles. The van der Waals surface area contributed by atoms with Crippen LogP contribution in [0.25, 0.3) is 0 Å². The van der Waals surface area contributed by atoms with Gasteiger partial charge in [0.15, 0.2) is 5.17 Å². The summed E-state index contributed by atoms with van der Waals surface area (Å²) in [6.07, 6.45) is 2.38. The Hall–Kier alpha value is 0.1000. The SMILES string of the molecule is CCC(CC)C1CN=C(Nc2c(Cl)cc(Br)cc2Cl)S1. The molecule has 0 saturated carbocycles. The predicted molar refractivity (Wildman–Crippen MR) is 95.5 cm³/mol. The summed E-state index contributed by atoms with van der Waals surface area (Å²) in [6, 6.07) is 3.66. The van der Waals surface area contributed by atoms with E-state index in [1.54, 1.807) is 11.8 Å². The van der Waals surface area contributed by atoms with Crippen LogP contribution in [0.5, 0.6) is 0 Å². The van der Waals surface area contributed by atoms with Gasteiger partial charge < -0.3 is 5.32 Å². The van der Waals surface area contributed by atoms with Crippen molar-refractivity contribution < 1.29 is 0 Å². The van der Waals surface area contributed by atoms with Gasteiger partial charge >= 0.3 is 0 Å². The van der Waals surface area contributed by atoms with E-state index in [4.69, 9.17) is 23.2 Å². The van der Waals surface area contributed by atoms with E-state index in [2.05, 4.69) is 40.1 Å². The van der Waals surface area contributed by atoms with Crippen LogP contribution in [0, 0.1) is 5.92 Å². The van der Waals surface area contributed by atoms with Crippen molar-refractivity contribution in [3.05, 3.63) is 26.7 Å². The first-order valence-electron chi connectivity index (χ1n) is 6.67. The second kappa shape index (κ2) is 7.39. The number of nitrogens with zero attached hydrogens (tertiary/aromatic N) is 1. The fraction of sp³-hybridized carbons (Fsp3) is 0.500. The summed E-state index contributed by atoms with van der Waals surface area (Å²) in [5, 5.41) is 5.92. The molecule has 0 aromatic heterocycles. The molecule has 1 aliphatic heterocycles. The number of halogens is 3. The van der Waals surface area contributed by atoms with E-state index in [1.165, 1.54) is 12.8 Å². The summed E-state index contributed by atoms with van der Waals surface area (Å²) in [5.41, 5.74) is 0.730. The van der Waals surface area contributed by atoms with E-state index in [-0.39, 0.29) is 0 Å². The third-order valence-corrected chi connectivity index (χ3v) is 5.84. The van der Waals surface area contributed by atoms with E-state index in [0.29, 0.717) is 21.2 Å². The second-order valence-corrected chi connectivity index (χ2v) is 7.71. The van der Waals surface area contributed by atoms with E-state index >= 15 is 0 Å². The Morgan fingerprint density at radius 1 is 1.35 bits per heavy atom. The molecule has 110 valence electrons. The summed E-state index contributed by atoms with van der Waals surface area (Å²) < 4.78 is 0.869. The summed E-state index contributed by atoms with van der Waals surface area (Å²) in [5.74, 6) is 0.707. The van der Waals surface area contributed by atoms with E-state index in [9.17, 15) is 0 Å². The summed E-state index contributed by atoms with van der Waals surface area (Å²) >= 11 is 17.6. The van der Waals surface area contributed by atoms with Gasteiger partial charge in [0.05, 0.1) is 22.3 Å². The van der Waals surface area contributed by atoms with Crippen molar-refractivity contribution in [2.24, 2.45) is 10.9 Å². The first-order chi connectivity index (χ1) is 9.55. The number of hydrogen-bond donors (Lipinski definition) is 1. The number of rotatable bonds is 4. The highest BCUT2D eigenvalue weighted by Crippen LogP contribution is 2.37. The van der Waals surface area contributed by atoms with Crippen LogP contribution in [0.15, 0.2) is 21.6 Å². The van der Waals surface area contributed by atoms with E-state index in [0.717, 1.165) is 21.9 Å². The average molecular weight is 396 g/mol. The predicted octanol–water partition coefficient (Wildman–Crippen LogP) is 6.08. The Kier molecular flexibility index (Phi) is 6.09. The molecule has 0 radical (unpaired) electrons. The zero-order valence-corrected chi connectivity index (χ0v) is 15.3. The third-order valence-electron chi connectivity index (χ3n) is 3.49. The van der Waals surface area contributed by atoms with Crippen molar-refractivity contribution in [1.29, 1.82) is 0 Å². The number of hydrogen-bond acceptors (Lipinski definition) is 3. The van der Waals surface area contributed by atoms with Gasteiger partial charge in [0.25, 0.3) is 0 Å². The number of aliphatic imine (C=N–C) groups is 1. The first kappa shape index (κ1) is 16.5. The molecule has 1 aromatic rings. The van der Waals surface area contributed by atoms with Crippen molar-refractivity contribution in [2.75, 3.05) is 11.9 Å². The summed E-state index contributed by atoms with van der Waals surface area (Å²) in [4.78, 5) is 4.57. The zero-order chi connectivity index (χ0) is 14.7. The maximum atomic E-state index is 6.23. The topological polar surface area (TPSA) is 24.4 Å². The standard InChI is InChI=1S/C14H17BrCl2N2S/c1-3-8(4-2)12-7-18-14(20-12)19-13-10(16)5-9(15)6-11(13)17/h5-6,8,12H,3-4,7H2,1-2H3,(H,18,19). The van der Waals surface area contributed by atoms with Gasteiger partial charge in [-0.15, -0.1) is 0 Å². The molecule has 0 saturated heterocycles. The molecule has 0 fully saturated rings. The van der Waals surface area contributed by atoms with Gasteiger partial charge in [-0.2, -0.15) is 0 Å². The molecule has 1 aromatic carbocycles. The zero-order valence-electron chi connectivity index (χ0n) is 11.4. The Bertz CT molecular complexity index is 495. The smallest absolute Gasteiger partial charge is 0.161 e. The molecule has 0 spiro atoms. The average Bonchev–Trinajstić information content (AvgIpc) is 2.84. The lowest BCUT2D eigenvalue weighted by Gasteiger charge is -2.19. The maximum Gasteiger partial charge on any atom is 0.161 e. The van der Waals surface area contributed by atoms with Crippen LogP contribution in [0.1, 0.15) is 26.7 Å². The van der Waals surface area contributed by atoms with Crippen molar-refractivity contribution in [3.63, 3.8) is 0 Å². The van der Waals surface area contributed by atoms with Crippen LogP contribution in [0.3, 0.4) is 0 Å². The number of thioether (sulfide) groups is 1. The molecule has 2 nitrogen and oxygen atoms in total. The lowest BCUT2D eigenvalue weighted by Crippen LogP contribution is -2.17. The maximum absolute atomic E-state index is 6.23. The lowest BCUT2D eigenvalue weighted by molar-refractivity contribution is 0.479. The summed E-state index contributed by atoms with van der Waals surface area (Å²) in [7, 11) is 0. The molecule has 20 heavy (non-hydrogen) atoms. The quantitative estimate of drug-likeness (QED) is 0.668. The monoisotopic (exact) mass is 394 g/mol. The van der Waals surface area contributed by atoms with Gasteiger partial charge in [-0.1, -0.05) is 77.6 Å². The minimum atomic E-state index is 0.556. The fourth-order valence-electron chi connectivity index (χ4n) is 2.29. The van der Waals surface area contributed by atoms with Crippen molar-refractivity contribution in [3.8, 4) is 0 Å². The molecule has 6 heteroatoms. The lowest BCUT2D eigenvalue weighted by atomic mass is 9.99. The Labute approximate surface area is 142 Å². The molecule has 1 aliphatic rings. The van der Waals surface area contributed by atoms with Crippen LogP contribution in [0.2, 0.25) is 10.0 Å². The second-order valence-electron chi connectivity index (χ2n) is 4.75. The Balaban J connectivity index is 2.06. The van der Waals surface area contributed by atoms with Crippen LogP contribution in [0.4, 0.5) is 5.69 Å². The van der Waals surface area contributed by atoms with Gasteiger partial charge in [-0.05, 0) is 18.1 Å². The molecular weight excluding hydrogens is 379 g/mol. The van der Waals surface area contributed by atoms with Gasteiger partial charge in [-0.3, -0.25) is 4.99 Å². The van der Waals surface area contributed by atoms with Crippen LogP contribution < -0.4 is 5.32 Å². The van der Waals surface area contributed by atoms with Gasteiger partial charge in [0.2, 0.25) is 0 Å². The molecule has 1 N–H and O–H groups in total. The van der Waals surface area contributed by atoms with Gasteiger partial charge in [-0.25, -0.2) is 0 Å². The largest absolute Gasteiger partial charge is 0.333 e. The highest BCUT2D eigenvalue weighted by molar-refractivity contribution is 9.10. The molecule has 0 bridgehead atoms. The minimum Gasteiger partial charge on any atom is -0.333 e. The van der Waals surface area contributed by atoms with Gasteiger partial charge in [0, 0.05) is 9.72 Å². The Morgan fingerprint density at radius 3 is 2.50 bits per heavy atom. The molecule has 2 rings (SSSR count). The van der Waals surface area contributed by atoms with Gasteiger partial charge in [0.1, 0.15) is 0 Å². The van der Waals surface area contributed by atoms with Crippen LogP contribution in [-0.2, 0) is 0 Å². The number of anilines is 1. The van der Waals surface area contributed by atoms with E-state index in [1.807, 2.05) is 12.1 Å². The molecule has 1 unspecified atom stereocenters. The number of benzene rings is 1. The Morgan fingerprint density at radius 2 is 1.95 bits per heavy atom. The fourth-order valence-corrected chi connectivity index (χ4v) is 4.91. The van der Waals surface area contributed by atoms with Crippen molar-refractivity contribution in [1.82, 2.24) is 0 Å². The highest BCUT2D eigenvalue weighted by atomic mass is 79.9. The number of amidine groups is 1. The molecule has 0 aliphatic carbocycles. The molecule has 1 atom stereocenters. The third kappa shape index (κ3) is 3.85.